The van der Waals surface area contributed by atoms with Crippen LogP contribution in [0.15, 0.2) is 48.3 Å². The Balaban J connectivity index is 2.53. The van der Waals surface area contributed by atoms with Crippen molar-refractivity contribution in [1.82, 2.24) is 0 Å². The van der Waals surface area contributed by atoms with E-state index in [1.807, 2.05) is 26.0 Å². The van der Waals surface area contributed by atoms with E-state index in [0.717, 1.165) is 5.56 Å². The van der Waals surface area contributed by atoms with Crippen LogP contribution in [0, 0.1) is 0 Å². The number of hydrogen-bond acceptors (Lipinski definition) is 4. The summed E-state index contributed by atoms with van der Waals surface area (Å²) in [5, 5.41) is 9.79. The molecular formula is C18H22O5. The van der Waals surface area contributed by atoms with E-state index in [0.29, 0.717) is 11.5 Å². The topological polar surface area (TPSA) is 65.0 Å². The van der Waals surface area contributed by atoms with Crippen LogP contribution in [0.2, 0.25) is 0 Å². The average molecular weight is 318 g/mol. The van der Waals surface area contributed by atoms with Crippen molar-refractivity contribution >= 4 is 5.97 Å². The van der Waals surface area contributed by atoms with Gasteiger partial charge in [0.2, 0.25) is 0 Å². The quantitative estimate of drug-likeness (QED) is 0.873. The first-order valence-electron chi connectivity index (χ1n) is 7.43. The highest BCUT2D eigenvalue weighted by atomic mass is 16.5. The zero-order chi connectivity index (χ0) is 17.0. The fourth-order valence-corrected chi connectivity index (χ4v) is 2.75. The van der Waals surface area contributed by atoms with E-state index < -0.39 is 17.5 Å². The molecule has 0 heterocycles. The number of methoxy groups -OCH3 is 2. The van der Waals surface area contributed by atoms with E-state index >= 15 is 0 Å². The summed E-state index contributed by atoms with van der Waals surface area (Å²) in [5.74, 6) is -0.371. The van der Waals surface area contributed by atoms with Crippen LogP contribution in [0.3, 0.4) is 0 Å². The minimum absolute atomic E-state index is 0.0724. The highest BCUT2D eigenvalue weighted by Gasteiger charge is 2.49. The Morgan fingerprint density at radius 1 is 1.22 bits per heavy atom. The predicted octanol–water partition coefficient (Wildman–Crippen LogP) is 3.13. The van der Waals surface area contributed by atoms with Gasteiger partial charge in [-0.15, -0.1) is 0 Å². The van der Waals surface area contributed by atoms with Crippen LogP contribution in [0.25, 0.3) is 0 Å². The molecule has 0 amide bonds. The van der Waals surface area contributed by atoms with Crippen LogP contribution in [0.5, 0.6) is 5.75 Å². The van der Waals surface area contributed by atoms with Gasteiger partial charge in [-0.2, -0.15) is 0 Å². The van der Waals surface area contributed by atoms with Crippen molar-refractivity contribution in [2.45, 2.75) is 31.5 Å². The van der Waals surface area contributed by atoms with E-state index in [1.165, 1.54) is 7.11 Å². The van der Waals surface area contributed by atoms with Gasteiger partial charge in [-0.25, -0.2) is 4.79 Å². The third kappa shape index (κ3) is 3.24. The van der Waals surface area contributed by atoms with Crippen LogP contribution in [0.1, 0.15) is 25.3 Å². The Labute approximate surface area is 136 Å². The molecular weight excluding hydrogens is 296 g/mol. The molecule has 0 spiro atoms. The Morgan fingerprint density at radius 2 is 1.87 bits per heavy atom. The Kier molecular flexibility index (Phi) is 5.11. The lowest BCUT2D eigenvalue weighted by Crippen LogP contribution is -2.47. The van der Waals surface area contributed by atoms with Gasteiger partial charge in [0.15, 0.2) is 5.60 Å². The summed E-state index contributed by atoms with van der Waals surface area (Å²) in [7, 11) is 2.98. The van der Waals surface area contributed by atoms with Gasteiger partial charge < -0.3 is 19.3 Å². The number of benzene rings is 1. The molecule has 5 nitrogen and oxygen atoms in total. The van der Waals surface area contributed by atoms with Crippen molar-refractivity contribution < 1.29 is 24.1 Å². The molecule has 5 heteroatoms. The maximum atomic E-state index is 12.0. The molecule has 0 saturated carbocycles. The summed E-state index contributed by atoms with van der Waals surface area (Å²) in [4.78, 5) is 12.0. The predicted molar refractivity (Wildman–Crippen MR) is 86.6 cm³/mol. The number of ether oxygens (including phenoxy) is 3. The Bertz CT molecular complexity index is 615. The van der Waals surface area contributed by atoms with Gasteiger partial charge >= 0.3 is 5.97 Å². The average Bonchev–Trinajstić information content (AvgIpc) is 2.54. The van der Waals surface area contributed by atoms with E-state index in [-0.39, 0.29) is 6.10 Å². The third-order valence-electron chi connectivity index (χ3n) is 3.81. The molecule has 0 aliphatic heterocycles. The molecule has 0 radical (unpaired) electrons. The van der Waals surface area contributed by atoms with E-state index in [4.69, 9.17) is 14.2 Å². The molecule has 124 valence electrons. The van der Waals surface area contributed by atoms with Gasteiger partial charge in [0, 0.05) is 7.11 Å². The zero-order valence-electron chi connectivity index (χ0n) is 13.8. The largest absolute Gasteiger partial charge is 0.497 e. The van der Waals surface area contributed by atoms with E-state index in [2.05, 4.69) is 0 Å². The third-order valence-corrected chi connectivity index (χ3v) is 3.81. The number of aliphatic carboxylic acids is 1. The van der Waals surface area contributed by atoms with Crippen molar-refractivity contribution in [3.05, 3.63) is 53.8 Å². The number of carboxylic acid groups (broad SMARTS) is 1. The van der Waals surface area contributed by atoms with Gasteiger partial charge in [0.1, 0.15) is 11.5 Å². The fraction of sp³-hybridized carbons (Fsp3) is 0.389. The molecule has 1 aliphatic rings. The molecule has 0 fully saturated rings. The molecule has 2 rings (SSSR count). The molecule has 1 aliphatic carbocycles. The maximum absolute atomic E-state index is 12.0. The van der Waals surface area contributed by atoms with Gasteiger partial charge in [0.05, 0.1) is 19.1 Å². The fourth-order valence-electron chi connectivity index (χ4n) is 2.75. The molecule has 0 aromatic heterocycles. The molecule has 1 aromatic carbocycles. The molecule has 2 atom stereocenters. The molecule has 1 aromatic rings. The van der Waals surface area contributed by atoms with Crippen molar-refractivity contribution in [2.24, 2.45) is 0 Å². The lowest BCUT2D eigenvalue weighted by Gasteiger charge is -2.37. The van der Waals surface area contributed by atoms with Crippen molar-refractivity contribution in [1.29, 1.82) is 0 Å². The second-order valence-electron chi connectivity index (χ2n) is 5.60. The summed E-state index contributed by atoms with van der Waals surface area (Å²) in [6.07, 6.45) is 4.93. The second kappa shape index (κ2) is 6.87. The Morgan fingerprint density at radius 3 is 2.35 bits per heavy atom. The van der Waals surface area contributed by atoms with Crippen molar-refractivity contribution in [2.75, 3.05) is 14.2 Å². The van der Waals surface area contributed by atoms with Crippen LogP contribution in [-0.4, -0.2) is 37.0 Å². The number of carbonyl (C=O) groups is 1. The Hall–Kier alpha value is -2.27. The molecule has 23 heavy (non-hydrogen) atoms. The van der Waals surface area contributed by atoms with Gasteiger partial charge in [-0.1, -0.05) is 18.2 Å². The molecule has 2 unspecified atom stereocenters. The SMILES string of the molecule is COc1ccc(C2C(OC(C)C)=CC=CC2(OC)C(=O)O)cc1. The maximum Gasteiger partial charge on any atom is 0.341 e. The number of hydrogen-bond donors (Lipinski definition) is 1. The zero-order valence-corrected chi connectivity index (χ0v) is 13.8. The molecule has 0 bridgehead atoms. The van der Waals surface area contributed by atoms with Crippen LogP contribution >= 0.6 is 0 Å². The summed E-state index contributed by atoms with van der Waals surface area (Å²) in [6.45, 7) is 3.80. The molecule has 1 N–H and O–H groups in total. The van der Waals surface area contributed by atoms with Gasteiger partial charge in [-0.05, 0) is 43.7 Å². The smallest absolute Gasteiger partial charge is 0.341 e. The normalized spacial score (nSPS) is 23.5. The summed E-state index contributed by atoms with van der Waals surface area (Å²) < 4.78 is 16.5. The second-order valence-corrected chi connectivity index (χ2v) is 5.60. The number of carboxylic acids is 1. The van der Waals surface area contributed by atoms with E-state index in [1.54, 1.807) is 37.5 Å². The van der Waals surface area contributed by atoms with Crippen molar-refractivity contribution in [3.8, 4) is 5.75 Å². The van der Waals surface area contributed by atoms with Gasteiger partial charge in [0.25, 0.3) is 0 Å². The summed E-state index contributed by atoms with van der Waals surface area (Å²) in [6, 6.07) is 7.25. The van der Waals surface area contributed by atoms with Crippen LogP contribution in [0.4, 0.5) is 0 Å². The summed E-state index contributed by atoms with van der Waals surface area (Å²) >= 11 is 0. The minimum Gasteiger partial charge on any atom is -0.497 e. The molecule has 0 saturated heterocycles. The highest BCUT2D eigenvalue weighted by Crippen LogP contribution is 2.42. The first-order valence-corrected chi connectivity index (χ1v) is 7.43. The lowest BCUT2D eigenvalue weighted by molar-refractivity contribution is -0.159. The van der Waals surface area contributed by atoms with Crippen LogP contribution in [-0.2, 0) is 14.3 Å². The monoisotopic (exact) mass is 318 g/mol. The van der Waals surface area contributed by atoms with Crippen LogP contribution < -0.4 is 4.74 Å². The first kappa shape index (κ1) is 17.1. The minimum atomic E-state index is -1.51. The van der Waals surface area contributed by atoms with E-state index in [9.17, 15) is 9.90 Å². The van der Waals surface area contributed by atoms with Gasteiger partial charge in [-0.3, -0.25) is 0 Å². The van der Waals surface area contributed by atoms with Crippen molar-refractivity contribution in [3.63, 3.8) is 0 Å². The summed E-state index contributed by atoms with van der Waals surface area (Å²) in [5.41, 5.74) is -0.723. The standard InChI is InChI=1S/C18H22O5/c1-12(2)23-15-6-5-11-18(22-4,17(19)20)16(15)13-7-9-14(21-3)10-8-13/h5-12,16H,1-4H3,(H,19,20). The number of allylic oxidation sites excluding steroid dienone is 2. The first-order chi connectivity index (χ1) is 10.9. The lowest BCUT2D eigenvalue weighted by atomic mass is 9.77. The highest BCUT2D eigenvalue weighted by molar-refractivity contribution is 5.83. The number of rotatable bonds is 6.